The second kappa shape index (κ2) is 9.47. The number of hydrogen-bond acceptors (Lipinski definition) is 7. The molecule has 0 saturated carbocycles. The summed E-state index contributed by atoms with van der Waals surface area (Å²) >= 11 is 0.944. The molecule has 0 aliphatic rings. The molecule has 0 fully saturated rings. The lowest BCUT2D eigenvalue weighted by Gasteiger charge is -2.10. The highest BCUT2D eigenvalue weighted by Crippen LogP contribution is 2.23. The van der Waals surface area contributed by atoms with Crippen molar-refractivity contribution in [3.05, 3.63) is 65.0 Å². The third kappa shape index (κ3) is 4.83. The smallest absolute Gasteiger partial charge is 0.426 e. The maximum absolute atomic E-state index is 12.3. The molecule has 0 aliphatic heterocycles. The van der Waals surface area contributed by atoms with Gasteiger partial charge in [0.05, 0.1) is 13.7 Å². The monoisotopic (exact) mass is 398 g/mol. The fourth-order valence-corrected chi connectivity index (χ4v) is 3.07. The largest absolute Gasteiger partial charge is 0.496 e. The van der Waals surface area contributed by atoms with Crippen LogP contribution in [0.15, 0.2) is 54.6 Å². The minimum absolute atomic E-state index is 0.138. The van der Waals surface area contributed by atoms with Gasteiger partial charge in [-0.15, -0.1) is 5.10 Å². The maximum atomic E-state index is 12.3. The van der Waals surface area contributed by atoms with Gasteiger partial charge in [0.15, 0.2) is 0 Å². The summed E-state index contributed by atoms with van der Waals surface area (Å²) < 4.78 is 14.1. The van der Waals surface area contributed by atoms with Gasteiger partial charge in [-0.05, 0) is 23.2 Å². The molecule has 2 N–H and O–H groups in total. The van der Waals surface area contributed by atoms with Crippen molar-refractivity contribution in [1.82, 2.24) is 20.4 Å². The Balaban J connectivity index is 1.49. The second-order valence-electron chi connectivity index (χ2n) is 5.59. The first-order chi connectivity index (χ1) is 13.7. The third-order valence-electron chi connectivity index (χ3n) is 3.82. The lowest BCUT2D eigenvalue weighted by atomic mass is 10.1. The van der Waals surface area contributed by atoms with Gasteiger partial charge in [-0.2, -0.15) is 0 Å². The highest BCUT2D eigenvalue weighted by atomic mass is 32.1. The average molecular weight is 398 g/mol. The molecule has 144 valence electrons. The number of nitrogens with one attached hydrogen (secondary N) is 2. The summed E-state index contributed by atoms with van der Waals surface area (Å²) in [6.45, 7) is 0.138. The van der Waals surface area contributed by atoms with Gasteiger partial charge < -0.3 is 9.47 Å². The highest BCUT2D eigenvalue weighted by Gasteiger charge is 2.18. The first-order valence-electron chi connectivity index (χ1n) is 8.42. The summed E-state index contributed by atoms with van der Waals surface area (Å²) in [5.41, 5.74) is 6.67. The van der Waals surface area contributed by atoms with Gasteiger partial charge in [0, 0.05) is 12.0 Å². The van der Waals surface area contributed by atoms with Gasteiger partial charge in [-0.1, -0.05) is 53.0 Å². The lowest BCUT2D eigenvalue weighted by molar-refractivity contribution is 0.0914. The standard InChI is InChI=1S/C19H18N4O4S/c1-26-15-10-6-5-7-13(15)11-12-27-19(25)22-21-18(24)17-16(20-23-28-17)14-8-3-2-4-9-14/h2-10H,11-12H2,1H3,(H,21,24)(H,22,25). The van der Waals surface area contributed by atoms with E-state index in [1.54, 1.807) is 7.11 Å². The first-order valence-corrected chi connectivity index (χ1v) is 9.19. The molecule has 3 rings (SSSR count). The number of ether oxygens (including phenoxy) is 2. The molecule has 9 heteroatoms. The van der Waals surface area contributed by atoms with Crippen LogP contribution in [0.2, 0.25) is 0 Å². The van der Waals surface area contributed by atoms with Gasteiger partial charge in [0.2, 0.25) is 0 Å². The fraction of sp³-hybridized carbons (Fsp3) is 0.158. The van der Waals surface area contributed by atoms with Gasteiger partial charge in [-0.25, -0.2) is 10.2 Å². The maximum Gasteiger partial charge on any atom is 0.426 e. The zero-order valence-electron chi connectivity index (χ0n) is 15.0. The van der Waals surface area contributed by atoms with E-state index < -0.39 is 12.0 Å². The van der Waals surface area contributed by atoms with Crippen molar-refractivity contribution >= 4 is 23.5 Å². The van der Waals surface area contributed by atoms with Gasteiger partial charge in [0.1, 0.15) is 16.3 Å². The molecule has 0 unspecified atom stereocenters. The lowest BCUT2D eigenvalue weighted by Crippen LogP contribution is -2.42. The summed E-state index contributed by atoms with van der Waals surface area (Å²) in [5, 5.41) is 3.99. The molecule has 1 aromatic heterocycles. The van der Waals surface area contributed by atoms with E-state index in [1.165, 1.54) is 0 Å². The SMILES string of the molecule is COc1ccccc1CCOC(=O)NNC(=O)c1snnc1-c1ccccc1. The summed E-state index contributed by atoms with van der Waals surface area (Å²) in [6, 6.07) is 16.7. The quantitative estimate of drug-likeness (QED) is 0.619. The molecule has 0 atom stereocenters. The van der Waals surface area contributed by atoms with Crippen molar-refractivity contribution in [3.8, 4) is 17.0 Å². The minimum Gasteiger partial charge on any atom is -0.496 e. The van der Waals surface area contributed by atoms with E-state index >= 15 is 0 Å². The molecule has 0 saturated heterocycles. The predicted octanol–water partition coefficient (Wildman–Crippen LogP) is 2.83. The van der Waals surface area contributed by atoms with Crippen molar-refractivity contribution in [2.45, 2.75) is 6.42 Å². The van der Waals surface area contributed by atoms with Crippen molar-refractivity contribution in [2.75, 3.05) is 13.7 Å². The van der Waals surface area contributed by atoms with Crippen LogP contribution in [0.1, 0.15) is 15.2 Å². The van der Waals surface area contributed by atoms with E-state index in [9.17, 15) is 9.59 Å². The number of methoxy groups -OCH3 is 1. The molecule has 0 radical (unpaired) electrons. The number of rotatable bonds is 6. The average Bonchev–Trinajstić information content (AvgIpc) is 3.23. The molecule has 2 aromatic carbocycles. The van der Waals surface area contributed by atoms with Crippen LogP contribution in [0.3, 0.4) is 0 Å². The Bertz CT molecular complexity index is 946. The Morgan fingerprint density at radius 1 is 1.04 bits per heavy atom. The Kier molecular flexibility index (Phi) is 6.53. The van der Waals surface area contributed by atoms with Gasteiger partial charge >= 0.3 is 6.09 Å². The Morgan fingerprint density at radius 3 is 2.57 bits per heavy atom. The molecule has 1 heterocycles. The molecule has 2 amide bonds. The molecule has 0 spiro atoms. The fourth-order valence-electron chi connectivity index (χ4n) is 2.49. The Hall–Kier alpha value is -3.46. The van der Waals surface area contributed by atoms with Crippen molar-refractivity contribution in [2.24, 2.45) is 0 Å². The van der Waals surface area contributed by atoms with E-state index in [2.05, 4.69) is 20.4 Å². The summed E-state index contributed by atoms with van der Waals surface area (Å²) in [7, 11) is 1.58. The van der Waals surface area contributed by atoms with Gasteiger partial charge in [0.25, 0.3) is 5.91 Å². The van der Waals surface area contributed by atoms with E-state index in [-0.39, 0.29) is 6.61 Å². The number of carbonyl (C=O) groups is 2. The molecule has 3 aromatic rings. The van der Waals surface area contributed by atoms with Crippen molar-refractivity contribution in [1.29, 1.82) is 0 Å². The molecular formula is C19H18N4O4S. The number of para-hydroxylation sites is 1. The zero-order valence-corrected chi connectivity index (χ0v) is 15.9. The molecular weight excluding hydrogens is 380 g/mol. The van der Waals surface area contributed by atoms with E-state index in [1.807, 2.05) is 54.6 Å². The van der Waals surface area contributed by atoms with Crippen LogP contribution in [0.25, 0.3) is 11.3 Å². The second-order valence-corrected chi connectivity index (χ2v) is 6.35. The van der Waals surface area contributed by atoms with Crippen LogP contribution in [0.4, 0.5) is 4.79 Å². The highest BCUT2D eigenvalue weighted by molar-refractivity contribution is 7.08. The number of benzene rings is 2. The van der Waals surface area contributed by atoms with Crippen molar-refractivity contribution < 1.29 is 19.1 Å². The topological polar surface area (TPSA) is 102 Å². The van der Waals surface area contributed by atoms with Gasteiger partial charge in [-0.3, -0.25) is 10.2 Å². The number of nitrogens with zero attached hydrogens (tertiary/aromatic N) is 2. The van der Waals surface area contributed by atoms with Crippen LogP contribution in [0, 0.1) is 0 Å². The summed E-state index contributed by atoms with van der Waals surface area (Å²) in [5.74, 6) is 0.210. The number of hydrazine groups is 1. The predicted molar refractivity (Wildman–Crippen MR) is 104 cm³/mol. The normalized spacial score (nSPS) is 10.2. The van der Waals surface area contributed by atoms with Crippen LogP contribution in [0.5, 0.6) is 5.75 Å². The van der Waals surface area contributed by atoms with Crippen LogP contribution in [-0.4, -0.2) is 35.3 Å². The first kappa shape index (κ1) is 19.3. The number of carbonyl (C=O) groups excluding carboxylic acids is 2. The third-order valence-corrected chi connectivity index (χ3v) is 4.54. The molecule has 28 heavy (non-hydrogen) atoms. The zero-order chi connectivity index (χ0) is 19.8. The van der Waals surface area contributed by atoms with E-state index in [4.69, 9.17) is 9.47 Å². The van der Waals surface area contributed by atoms with Crippen LogP contribution < -0.4 is 15.6 Å². The minimum atomic E-state index is -0.762. The van der Waals surface area contributed by atoms with Crippen molar-refractivity contribution in [3.63, 3.8) is 0 Å². The van der Waals surface area contributed by atoms with Crippen LogP contribution in [-0.2, 0) is 11.2 Å². The Morgan fingerprint density at radius 2 is 1.79 bits per heavy atom. The van der Waals surface area contributed by atoms with E-state index in [0.717, 1.165) is 28.4 Å². The Labute approximate surface area is 165 Å². The number of hydrogen-bond donors (Lipinski definition) is 2. The number of amides is 2. The summed E-state index contributed by atoms with van der Waals surface area (Å²) in [4.78, 5) is 24.4. The van der Waals surface area contributed by atoms with Crippen LogP contribution >= 0.6 is 11.5 Å². The number of aromatic nitrogens is 2. The molecule has 0 bridgehead atoms. The summed E-state index contributed by atoms with van der Waals surface area (Å²) in [6.07, 6.45) is -0.274. The molecule has 8 nitrogen and oxygen atoms in total. The van der Waals surface area contributed by atoms with E-state index in [0.29, 0.717) is 17.0 Å². The molecule has 0 aliphatic carbocycles.